The minimum absolute atomic E-state index is 0.0171. The van der Waals surface area contributed by atoms with Crippen LogP contribution in [0.5, 0.6) is 0 Å². The van der Waals surface area contributed by atoms with Gasteiger partial charge in [0.25, 0.3) is 0 Å². The van der Waals surface area contributed by atoms with Crippen molar-refractivity contribution in [2.45, 2.75) is 20.3 Å². The average Bonchev–Trinajstić information content (AvgIpc) is 3.15. The lowest BCUT2D eigenvalue weighted by molar-refractivity contribution is -0.120. The van der Waals surface area contributed by atoms with Crippen LogP contribution in [-0.4, -0.2) is 35.3 Å². The Bertz CT molecular complexity index is 873. The third-order valence-corrected chi connectivity index (χ3v) is 4.56. The van der Waals surface area contributed by atoms with Gasteiger partial charge in [-0.2, -0.15) is 5.10 Å². The van der Waals surface area contributed by atoms with Crippen molar-refractivity contribution < 1.29 is 4.79 Å². The molecule has 0 saturated heterocycles. The molecule has 0 aliphatic heterocycles. The van der Waals surface area contributed by atoms with E-state index in [0.29, 0.717) is 13.0 Å². The van der Waals surface area contributed by atoms with E-state index < -0.39 is 0 Å². The first-order valence-electron chi connectivity index (χ1n) is 9.33. The van der Waals surface area contributed by atoms with Crippen LogP contribution in [0.4, 0.5) is 5.69 Å². The third kappa shape index (κ3) is 4.97. The number of carbonyl (C=O) groups is 1. The minimum Gasteiger partial charge on any atom is -0.370 e. The highest BCUT2D eigenvalue weighted by Gasteiger charge is 2.09. The molecule has 1 N–H and O–H groups in total. The van der Waals surface area contributed by atoms with Crippen molar-refractivity contribution >= 4 is 11.6 Å². The van der Waals surface area contributed by atoms with Crippen LogP contribution in [0.15, 0.2) is 67.0 Å². The molecule has 0 fully saturated rings. The van der Waals surface area contributed by atoms with Crippen molar-refractivity contribution in [1.29, 1.82) is 0 Å². The molecule has 5 heteroatoms. The predicted molar refractivity (Wildman–Crippen MR) is 109 cm³/mol. The quantitative estimate of drug-likeness (QED) is 0.668. The minimum atomic E-state index is 0.0171. The number of aromatic nitrogens is 2. The fourth-order valence-electron chi connectivity index (χ4n) is 3.12. The highest BCUT2D eigenvalue weighted by atomic mass is 16.1. The van der Waals surface area contributed by atoms with Crippen LogP contribution in [0.2, 0.25) is 0 Å². The Morgan fingerprint density at radius 2 is 1.85 bits per heavy atom. The molecule has 0 unspecified atom stereocenters. The van der Waals surface area contributed by atoms with E-state index in [1.165, 1.54) is 11.3 Å². The van der Waals surface area contributed by atoms with Crippen LogP contribution in [0, 0.1) is 6.92 Å². The van der Waals surface area contributed by atoms with Gasteiger partial charge in [0.1, 0.15) is 0 Å². The van der Waals surface area contributed by atoms with Gasteiger partial charge in [0, 0.05) is 31.5 Å². The molecular formula is C22H26N4O. The molecule has 0 aliphatic carbocycles. The van der Waals surface area contributed by atoms with Gasteiger partial charge in [-0.25, -0.2) is 4.68 Å². The van der Waals surface area contributed by atoms with Crippen molar-refractivity contribution in [2.75, 3.05) is 24.5 Å². The summed E-state index contributed by atoms with van der Waals surface area (Å²) in [6.07, 6.45) is 3.99. The van der Waals surface area contributed by atoms with Crippen LogP contribution in [0.3, 0.4) is 0 Å². The lowest BCUT2D eigenvalue weighted by atomic mass is 10.2. The van der Waals surface area contributed by atoms with E-state index in [9.17, 15) is 4.79 Å². The molecule has 0 aliphatic rings. The van der Waals surface area contributed by atoms with Gasteiger partial charge in [-0.15, -0.1) is 0 Å². The highest BCUT2D eigenvalue weighted by Crippen LogP contribution is 2.18. The van der Waals surface area contributed by atoms with Gasteiger partial charge in [0.05, 0.1) is 18.3 Å². The highest BCUT2D eigenvalue weighted by molar-refractivity contribution is 5.78. The lowest BCUT2D eigenvalue weighted by Crippen LogP contribution is -2.35. The molecule has 1 amide bonds. The molecule has 0 bridgehead atoms. The topological polar surface area (TPSA) is 50.2 Å². The molecule has 3 aromatic rings. The molecule has 140 valence electrons. The van der Waals surface area contributed by atoms with E-state index >= 15 is 0 Å². The Hall–Kier alpha value is -3.08. The van der Waals surface area contributed by atoms with Crippen molar-refractivity contribution in [1.82, 2.24) is 15.1 Å². The molecular weight excluding hydrogens is 336 g/mol. The number of hydrogen-bond acceptors (Lipinski definition) is 3. The van der Waals surface area contributed by atoms with Crippen LogP contribution >= 0.6 is 0 Å². The zero-order valence-electron chi connectivity index (χ0n) is 15.9. The predicted octanol–water partition coefficient (Wildman–Crippen LogP) is 3.37. The molecule has 27 heavy (non-hydrogen) atoms. The summed E-state index contributed by atoms with van der Waals surface area (Å²) >= 11 is 0. The Kier molecular flexibility index (Phi) is 6.26. The molecule has 0 saturated carbocycles. The molecule has 0 spiro atoms. The van der Waals surface area contributed by atoms with Crippen LogP contribution < -0.4 is 10.2 Å². The number of rotatable bonds is 8. The second kappa shape index (κ2) is 9.03. The summed E-state index contributed by atoms with van der Waals surface area (Å²) in [4.78, 5) is 14.5. The first-order valence-corrected chi connectivity index (χ1v) is 9.33. The summed E-state index contributed by atoms with van der Waals surface area (Å²) in [6, 6.07) is 18.2. The average molecular weight is 362 g/mol. The van der Waals surface area contributed by atoms with Crippen LogP contribution in [0.1, 0.15) is 18.1 Å². The Morgan fingerprint density at radius 3 is 2.59 bits per heavy atom. The maximum absolute atomic E-state index is 12.3. The van der Waals surface area contributed by atoms with Gasteiger partial charge in [0.2, 0.25) is 5.91 Å². The summed E-state index contributed by atoms with van der Waals surface area (Å²) in [6.45, 7) is 6.56. The van der Waals surface area contributed by atoms with E-state index in [4.69, 9.17) is 0 Å². The van der Waals surface area contributed by atoms with Crippen molar-refractivity contribution in [2.24, 2.45) is 0 Å². The molecule has 3 rings (SSSR count). The SMILES string of the molecule is CCN(CCNC(=O)Cc1cnn(-c2ccccc2)c1)c1ccccc1C. The summed E-state index contributed by atoms with van der Waals surface area (Å²) in [5.74, 6) is 0.0171. The number of amides is 1. The zero-order valence-corrected chi connectivity index (χ0v) is 15.9. The molecule has 0 atom stereocenters. The van der Waals surface area contributed by atoms with E-state index in [1.54, 1.807) is 10.9 Å². The van der Waals surface area contributed by atoms with Gasteiger partial charge in [-0.1, -0.05) is 36.4 Å². The second-order valence-corrected chi connectivity index (χ2v) is 6.52. The number of aryl methyl sites for hydroxylation is 1. The number of para-hydroxylation sites is 2. The third-order valence-electron chi connectivity index (χ3n) is 4.56. The Labute approximate surface area is 160 Å². The maximum atomic E-state index is 12.3. The van der Waals surface area contributed by atoms with E-state index in [-0.39, 0.29) is 5.91 Å². The van der Waals surface area contributed by atoms with Gasteiger partial charge >= 0.3 is 0 Å². The van der Waals surface area contributed by atoms with Crippen molar-refractivity contribution in [3.8, 4) is 5.69 Å². The smallest absolute Gasteiger partial charge is 0.224 e. The van der Waals surface area contributed by atoms with Crippen molar-refractivity contribution in [3.05, 3.63) is 78.1 Å². The maximum Gasteiger partial charge on any atom is 0.224 e. The van der Waals surface area contributed by atoms with Gasteiger partial charge < -0.3 is 10.2 Å². The zero-order chi connectivity index (χ0) is 19.1. The molecule has 5 nitrogen and oxygen atoms in total. The van der Waals surface area contributed by atoms with Crippen LogP contribution in [0.25, 0.3) is 5.69 Å². The van der Waals surface area contributed by atoms with E-state index in [0.717, 1.165) is 24.3 Å². The standard InChI is InChI=1S/C22H26N4O/c1-3-25(21-12-8-7-9-18(21)2)14-13-23-22(27)15-19-16-24-26(17-19)20-10-5-4-6-11-20/h4-12,16-17H,3,13-15H2,1-2H3,(H,23,27). The number of likely N-dealkylation sites (N-methyl/N-ethyl adjacent to an activating group) is 1. The molecule has 0 radical (unpaired) electrons. The number of benzene rings is 2. The van der Waals surface area contributed by atoms with Gasteiger partial charge in [0.15, 0.2) is 0 Å². The number of nitrogens with one attached hydrogen (secondary N) is 1. The molecule has 1 aromatic heterocycles. The number of hydrogen-bond donors (Lipinski definition) is 1. The second-order valence-electron chi connectivity index (χ2n) is 6.52. The normalized spacial score (nSPS) is 10.6. The summed E-state index contributed by atoms with van der Waals surface area (Å²) < 4.78 is 1.79. The van der Waals surface area contributed by atoms with E-state index in [2.05, 4.69) is 41.3 Å². The molecule has 2 aromatic carbocycles. The first kappa shape index (κ1) is 18.7. The largest absolute Gasteiger partial charge is 0.370 e. The Balaban J connectivity index is 1.50. The lowest BCUT2D eigenvalue weighted by Gasteiger charge is -2.25. The summed E-state index contributed by atoms with van der Waals surface area (Å²) in [5, 5.41) is 7.36. The van der Waals surface area contributed by atoms with Crippen molar-refractivity contribution in [3.63, 3.8) is 0 Å². The van der Waals surface area contributed by atoms with Gasteiger partial charge in [-0.05, 0) is 43.2 Å². The van der Waals surface area contributed by atoms with Gasteiger partial charge in [-0.3, -0.25) is 4.79 Å². The Morgan fingerprint density at radius 1 is 1.11 bits per heavy atom. The fourth-order valence-corrected chi connectivity index (χ4v) is 3.12. The first-order chi connectivity index (χ1) is 13.2. The summed E-state index contributed by atoms with van der Waals surface area (Å²) in [7, 11) is 0. The summed E-state index contributed by atoms with van der Waals surface area (Å²) in [5.41, 5.74) is 4.36. The van der Waals surface area contributed by atoms with E-state index in [1.807, 2.05) is 48.7 Å². The number of anilines is 1. The monoisotopic (exact) mass is 362 g/mol. The van der Waals surface area contributed by atoms with Crippen LogP contribution in [-0.2, 0) is 11.2 Å². The number of nitrogens with zero attached hydrogens (tertiary/aromatic N) is 3. The fraction of sp³-hybridized carbons (Fsp3) is 0.273. The number of carbonyl (C=O) groups excluding carboxylic acids is 1. The molecule has 1 heterocycles.